The molecule has 0 N–H and O–H groups in total. The second-order valence-corrected chi connectivity index (χ2v) is 32.1. The predicted molar refractivity (Wildman–Crippen MR) is 371 cm³/mol. The van der Waals surface area contributed by atoms with Crippen LogP contribution in [0.5, 0.6) is 0 Å². The third-order valence-corrected chi connectivity index (χ3v) is 22.8. The van der Waals surface area contributed by atoms with Crippen molar-refractivity contribution >= 4 is 74.6 Å². The van der Waals surface area contributed by atoms with Gasteiger partial charge in [0, 0.05) is 50.6 Å². The first kappa shape index (κ1) is 56.8. The van der Waals surface area contributed by atoms with Crippen LogP contribution in [-0.4, -0.2) is 17.8 Å². The van der Waals surface area contributed by atoms with Crippen molar-refractivity contribution in [1.29, 1.82) is 0 Å². The SMILES string of the molecule is CC(C)(C)c1ccc(N2c3ccc(N4c5ccc(C(C)(C)C)cc5C5(C)CCCCC45C)cc3B3c4ccc(C(C)(C)C)cc4/C(=C\c4cccc(C(C)(C)C)c4)c4cc(N5c6ccc(-c7ccccc7)cc6C6(C)CCCCC56C)cc2c43)cc1. The highest BCUT2D eigenvalue weighted by molar-refractivity contribution is 6.99. The van der Waals surface area contributed by atoms with Gasteiger partial charge in [0.1, 0.15) is 0 Å². The lowest BCUT2D eigenvalue weighted by Gasteiger charge is -2.51. The molecule has 438 valence electrons. The maximum atomic E-state index is 2.85. The van der Waals surface area contributed by atoms with Crippen molar-refractivity contribution in [3.8, 4) is 11.1 Å². The van der Waals surface area contributed by atoms with E-state index in [1.54, 1.807) is 0 Å². The third-order valence-electron chi connectivity index (χ3n) is 22.8. The quantitative estimate of drug-likeness (QED) is 0.159. The van der Waals surface area contributed by atoms with Gasteiger partial charge < -0.3 is 14.7 Å². The van der Waals surface area contributed by atoms with Crippen LogP contribution in [-0.2, 0) is 32.5 Å². The maximum Gasteiger partial charge on any atom is 0.248 e. The van der Waals surface area contributed by atoms with E-state index >= 15 is 0 Å². The smallest absolute Gasteiger partial charge is 0.248 e. The summed E-state index contributed by atoms with van der Waals surface area (Å²) in [7, 11) is 0. The van der Waals surface area contributed by atoms with Gasteiger partial charge in [-0.1, -0.05) is 231 Å². The van der Waals surface area contributed by atoms with Crippen LogP contribution >= 0.6 is 0 Å². The van der Waals surface area contributed by atoms with E-state index in [1.807, 2.05) is 0 Å². The molecule has 14 rings (SSSR count). The van der Waals surface area contributed by atoms with E-state index in [-0.39, 0.29) is 50.3 Å². The van der Waals surface area contributed by atoms with Crippen LogP contribution in [0.4, 0.5) is 39.8 Å². The monoisotopic (exact) mass is 1130 g/mol. The molecule has 4 atom stereocenters. The minimum atomic E-state index is -0.176. The fourth-order valence-electron chi connectivity index (χ4n) is 17.2. The van der Waals surface area contributed by atoms with Gasteiger partial charge in [-0.2, -0.15) is 0 Å². The van der Waals surface area contributed by atoms with E-state index in [0.29, 0.717) is 0 Å². The Kier molecular flexibility index (Phi) is 12.7. The van der Waals surface area contributed by atoms with Crippen molar-refractivity contribution in [2.45, 2.75) is 206 Å². The molecule has 0 saturated heterocycles. The Labute approximate surface area is 517 Å². The van der Waals surface area contributed by atoms with Crippen molar-refractivity contribution < 1.29 is 0 Å². The molecular weight excluding hydrogens is 1040 g/mol. The molecule has 4 unspecified atom stereocenters. The number of anilines is 7. The number of benzene rings is 8. The van der Waals surface area contributed by atoms with Crippen LogP contribution < -0.4 is 31.1 Å². The van der Waals surface area contributed by atoms with Crippen LogP contribution in [0.1, 0.15) is 212 Å². The van der Waals surface area contributed by atoms with E-state index in [4.69, 9.17) is 0 Å². The first-order chi connectivity index (χ1) is 40.6. The molecule has 8 aromatic rings. The minimum absolute atomic E-state index is 0.00188. The Morgan fingerprint density at radius 3 is 1.56 bits per heavy atom. The summed E-state index contributed by atoms with van der Waals surface area (Å²) < 4.78 is 0. The topological polar surface area (TPSA) is 9.72 Å². The molecule has 86 heavy (non-hydrogen) atoms. The molecule has 4 heteroatoms. The highest BCUT2D eigenvalue weighted by atomic mass is 15.3. The zero-order valence-electron chi connectivity index (χ0n) is 54.7. The fourth-order valence-corrected chi connectivity index (χ4v) is 17.2. The first-order valence-electron chi connectivity index (χ1n) is 32.8. The van der Waals surface area contributed by atoms with Gasteiger partial charge in [0.15, 0.2) is 0 Å². The summed E-state index contributed by atoms with van der Waals surface area (Å²) in [6.07, 6.45) is 12.1. The summed E-state index contributed by atoms with van der Waals surface area (Å²) >= 11 is 0. The van der Waals surface area contributed by atoms with Gasteiger partial charge in [-0.15, -0.1) is 0 Å². The molecule has 2 saturated carbocycles. The second kappa shape index (κ2) is 19.2. The summed E-state index contributed by atoms with van der Waals surface area (Å²) in [5.74, 6) is 0. The van der Waals surface area contributed by atoms with Gasteiger partial charge in [0.2, 0.25) is 6.71 Å². The van der Waals surface area contributed by atoms with E-state index in [0.717, 1.165) is 19.3 Å². The van der Waals surface area contributed by atoms with E-state index in [1.165, 1.54) is 155 Å². The normalized spacial score (nSPS) is 23.6. The van der Waals surface area contributed by atoms with Crippen molar-refractivity contribution in [2.24, 2.45) is 0 Å². The Bertz CT molecular complexity index is 4080. The molecule has 3 nitrogen and oxygen atoms in total. The van der Waals surface area contributed by atoms with Gasteiger partial charge in [0.05, 0.1) is 11.1 Å². The molecule has 4 heterocycles. The number of rotatable bonds is 5. The number of hydrogen-bond donors (Lipinski definition) is 0. The lowest BCUT2D eigenvalue weighted by molar-refractivity contribution is 0.195. The van der Waals surface area contributed by atoms with Gasteiger partial charge in [-0.25, -0.2) is 0 Å². The predicted octanol–water partition coefficient (Wildman–Crippen LogP) is 20.2. The molecule has 0 amide bonds. The molecule has 8 aromatic carbocycles. The van der Waals surface area contributed by atoms with Gasteiger partial charge in [-0.05, 0) is 206 Å². The Morgan fingerprint density at radius 1 is 0.384 bits per heavy atom. The molecule has 0 spiro atoms. The number of nitrogens with zero attached hydrogens (tertiary/aromatic N) is 3. The summed E-state index contributed by atoms with van der Waals surface area (Å²) in [5.41, 5.74) is 29.1. The third kappa shape index (κ3) is 8.47. The number of hydrogen-bond acceptors (Lipinski definition) is 3. The summed E-state index contributed by atoms with van der Waals surface area (Å²) in [4.78, 5) is 8.36. The molecular formula is C82H92BN3. The van der Waals surface area contributed by atoms with Crippen LogP contribution in [0.2, 0.25) is 0 Å². The molecule has 4 aliphatic heterocycles. The fraction of sp³-hybridized carbons (Fsp3) is 0.390. The van der Waals surface area contributed by atoms with Crippen molar-refractivity contribution in [3.05, 3.63) is 214 Å². The molecule has 2 fully saturated rings. The van der Waals surface area contributed by atoms with Crippen LogP contribution in [0.3, 0.4) is 0 Å². The Hall–Kier alpha value is -7.04. The molecule has 0 aromatic heterocycles. The number of fused-ring (bicyclic) bond motifs is 10. The minimum Gasteiger partial charge on any atom is -0.334 e. The summed E-state index contributed by atoms with van der Waals surface area (Å²) in [5, 5.41) is 0. The second-order valence-electron chi connectivity index (χ2n) is 32.1. The van der Waals surface area contributed by atoms with Crippen LogP contribution in [0, 0.1) is 0 Å². The summed E-state index contributed by atoms with van der Waals surface area (Å²) in [6, 6.07) is 65.7. The van der Waals surface area contributed by atoms with E-state index in [9.17, 15) is 0 Å². The molecule has 6 aliphatic rings. The lowest BCUT2D eigenvalue weighted by atomic mass is 9.31. The maximum absolute atomic E-state index is 2.85. The molecule has 0 bridgehead atoms. The molecule has 2 aliphatic carbocycles. The standard InChI is InChI=1S/C82H92BN3/c1-75(2,3)56-30-34-60(35-31-56)84-72-40-36-61(85-71-39-33-59(78(10,11)12)49-67(71)80(14)42-21-22-43-81(80,85)15)51-69(72)83-68-37-32-58(77(7,8)9)48-64(68)63(46-53-25-24-28-57(45-53)76(4,5)6)65-50-62(52-73(84)74(65)83)86-70-38-29-55(54-26-18-17-19-27-54)47-66(70)79(13)41-20-23-44-82(79,86)16/h17-19,24-40,45-52H,20-23,41-44H2,1-16H3/b63-46+. The average Bonchev–Trinajstić information content (AvgIpc) is 1.36. The van der Waals surface area contributed by atoms with Gasteiger partial charge in [-0.3, -0.25) is 0 Å². The van der Waals surface area contributed by atoms with Crippen LogP contribution in [0.25, 0.3) is 22.8 Å². The lowest BCUT2D eigenvalue weighted by Crippen LogP contribution is -2.61. The Morgan fingerprint density at radius 2 is 0.919 bits per heavy atom. The van der Waals surface area contributed by atoms with E-state index < -0.39 is 0 Å². The van der Waals surface area contributed by atoms with Gasteiger partial charge in [0.25, 0.3) is 0 Å². The van der Waals surface area contributed by atoms with Gasteiger partial charge >= 0.3 is 0 Å². The average molecular weight is 1130 g/mol. The zero-order chi connectivity index (χ0) is 60.5. The zero-order valence-corrected chi connectivity index (χ0v) is 54.7. The van der Waals surface area contributed by atoms with Crippen molar-refractivity contribution in [1.82, 2.24) is 0 Å². The highest BCUT2D eigenvalue weighted by Crippen LogP contribution is 2.64. The Balaban J connectivity index is 1.08. The largest absolute Gasteiger partial charge is 0.334 e. The highest BCUT2D eigenvalue weighted by Gasteiger charge is 2.60. The summed E-state index contributed by atoms with van der Waals surface area (Å²) in [6.45, 7) is 38.7. The molecule has 0 radical (unpaired) electrons. The van der Waals surface area contributed by atoms with Crippen molar-refractivity contribution in [2.75, 3.05) is 14.7 Å². The van der Waals surface area contributed by atoms with Crippen LogP contribution in [0.15, 0.2) is 164 Å². The van der Waals surface area contributed by atoms with Crippen molar-refractivity contribution in [3.63, 3.8) is 0 Å². The van der Waals surface area contributed by atoms with E-state index in [2.05, 4.69) is 295 Å². The first-order valence-corrected chi connectivity index (χ1v) is 32.8.